The molecule has 2 N–H and O–H groups in total. The molecule has 1 fully saturated rings. The lowest BCUT2D eigenvalue weighted by molar-refractivity contribution is -0.146. The first-order valence-electron chi connectivity index (χ1n) is 12.5. The van der Waals surface area contributed by atoms with Crippen molar-refractivity contribution >= 4 is 22.8 Å². The SMILES string of the molecule is CC(=O)OC(CNc1ncnc2[nH]ncc12)CN1CCN(C(c2ccc(F)cc2)c2ccc(F)cc2)CC1. The zero-order chi connectivity index (χ0) is 26.5. The maximum absolute atomic E-state index is 13.6. The number of carbonyl (C=O) groups is 1. The summed E-state index contributed by atoms with van der Waals surface area (Å²) in [6, 6.07) is 12.8. The molecule has 0 saturated carbocycles. The Kier molecular flexibility index (Phi) is 7.85. The Morgan fingerprint density at radius 1 is 1.00 bits per heavy atom. The Bertz CT molecular complexity index is 1310. The molecule has 0 radical (unpaired) electrons. The van der Waals surface area contributed by atoms with Crippen molar-refractivity contribution in [3.05, 3.63) is 83.8 Å². The van der Waals surface area contributed by atoms with Crippen molar-refractivity contribution in [3.8, 4) is 0 Å². The van der Waals surface area contributed by atoms with Crippen molar-refractivity contribution in [1.82, 2.24) is 30.0 Å². The van der Waals surface area contributed by atoms with Gasteiger partial charge in [0.2, 0.25) is 0 Å². The molecule has 3 heterocycles. The lowest BCUT2D eigenvalue weighted by atomic mass is 9.96. The van der Waals surface area contributed by atoms with E-state index in [1.807, 2.05) is 0 Å². The van der Waals surface area contributed by atoms with Crippen molar-refractivity contribution in [1.29, 1.82) is 0 Å². The van der Waals surface area contributed by atoms with Gasteiger partial charge in [0, 0.05) is 39.6 Å². The molecule has 0 aliphatic carbocycles. The van der Waals surface area contributed by atoms with Crippen LogP contribution in [0.1, 0.15) is 24.1 Å². The average molecular weight is 522 g/mol. The third-order valence-corrected chi connectivity index (χ3v) is 6.68. The molecule has 38 heavy (non-hydrogen) atoms. The number of aromatic amines is 1. The molecule has 0 spiro atoms. The molecule has 4 aromatic rings. The van der Waals surface area contributed by atoms with E-state index in [4.69, 9.17) is 4.74 Å². The van der Waals surface area contributed by atoms with Crippen LogP contribution in [-0.2, 0) is 9.53 Å². The molecule has 198 valence electrons. The van der Waals surface area contributed by atoms with Crippen LogP contribution < -0.4 is 5.32 Å². The van der Waals surface area contributed by atoms with Crippen LogP contribution in [0, 0.1) is 11.6 Å². The third kappa shape index (κ3) is 6.12. The number of nitrogens with zero attached hydrogens (tertiary/aromatic N) is 5. The molecular weight excluding hydrogens is 492 g/mol. The number of hydrogen-bond donors (Lipinski definition) is 2. The minimum absolute atomic E-state index is 0.126. The van der Waals surface area contributed by atoms with Crippen LogP contribution in [0.5, 0.6) is 0 Å². The Morgan fingerprint density at radius 3 is 2.24 bits per heavy atom. The van der Waals surface area contributed by atoms with E-state index in [-0.39, 0.29) is 29.7 Å². The smallest absolute Gasteiger partial charge is 0.303 e. The largest absolute Gasteiger partial charge is 0.459 e. The van der Waals surface area contributed by atoms with Gasteiger partial charge in [-0.25, -0.2) is 18.7 Å². The molecule has 9 nitrogen and oxygen atoms in total. The van der Waals surface area contributed by atoms with Crippen LogP contribution in [0.25, 0.3) is 11.0 Å². The van der Waals surface area contributed by atoms with Gasteiger partial charge < -0.3 is 10.1 Å². The van der Waals surface area contributed by atoms with E-state index in [0.29, 0.717) is 24.6 Å². The second kappa shape index (κ2) is 11.6. The normalized spacial score (nSPS) is 15.6. The number of H-pyrrole nitrogens is 1. The summed E-state index contributed by atoms with van der Waals surface area (Å²) in [6.45, 7) is 5.30. The summed E-state index contributed by atoms with van der Waals surface area (Å²) in [5.41, 5.74) is 2.52. The van der Waals surface area contributed by atoms with E-state index < -0.39 is 0 Å². The van der Waals surface area contributed by atoms with Gasteiger partial charge in [-0.05, 0) is 35.4 Å². The fourth-order valence-electron chi connectivity index (χ4n) is 4.89. The number of nitrogens with one attached hydrogen (secondary N) is 2. The fourth-order valence-corrected chi connectivity index (χ4v) is 4.89. The minimum atomic E-state index is -0.388. The highest BCUT2D eigenvalue weighted by Gasteiger charge is 2.28. The van der Waals surface area contributed by atoms with E-state index in [0.717, 1.165) is 42.7 Å². The van der Waals surface area contributed by atoms with Gasteiger partial charge in [0.25, 0.3) is 0 Å². The van der Waals surface area contributed by atoms with E-state index in [1.165, 1.54) is 37.5 Å². The van der Waals surface area contributed by atoms with Gasteiger partial charge in [-0.2, -0.15) is 5.10 Å². The third-order valence-electron chi connectivity index (χ3n) is 6.68. The van der Waals surface area contributed by atoms with Gasteiger partial charge in [0.05, 0.1) is 24.2 Å². The van der Waals surface area contributed by atoms with Crippen LogP contribution in [0.3, 0.4) is 0 Å². The standard InChI is InChI=1S/C27H29F2N7O2/c1-18(37)38-23(14-30-26-24-15-33-34-27(24)32-17-31-26)16-35-10-12-36(13-11-35)25(19-2-6-21(28)7-3-19)20-4-8-22(29)9-5-20/h2-9,15,17,23,25H,10-14,16H2,1H3,(H2,30,31,32,33,34). The summed E-state index contributed by atoms with van der Waals surface area (Å²) in [7, 11) is 0. The summed E-state index contributed by atoms with van der Waals surface area (Å²) in [4.78, 5) is 24.8. The molecule has 1 saturated heterocycles. The first kappa shape index (κ1) is 25.7. The summed E-state index contributed by atoms with van der Waals surface area (Å²) in [6.07, 6.45) is 2.71. The maximum atomic E-state index is 13.6. The van der Waals surface area contributed by atoms with Crippen LogP contribution in [0.15, 0.2) is 61.1 Å². The number of esters is 1. The predicted octanol–water partition coefficient (Wildman–Crippen LogP) is 3.38. The first-order chi connectivity index (χ1) is 18.5. The van der Waals surface area contributed by atoms with Crippen molar-refractivity contribution in [3.63, 3.8) is 0 Å². The lowest BCUT2D eigenvalue weighted by Crippen LogP contribution is -2.50. The Labute approximate surface area is 218 Å². The average Bonchev–Trinajstić information content (AvgIpc) is 3.40. The van der Waals surface area contributed by atoms with Gasteiger partial charge in [-0.3, -0.25) is 19.7 Å². The van der Waals surface area contributed by atoms with Gasteiger partial charge >= 0.3 is 5.97 Å². The molecule has 0 bridgehead atoms. The molecule has 1 aliphatic rings. The molecule has 1 atom stereocenters. The maximum Gasteiger partial charge on any atom is 0.303 e. The highest BCUT2D eigenvalue weighted by atomic mass is 19.1. The number of rotatable bonds is 9. The second-order valence-corrected chi connectivity index (χ2v) is 9.31. The predicted molar refractivity (Wildman–Crippen MR) is 138 cm³/mol. The number of carbonyl (C=O) groups excluding carboxylic acids is 1. The quantitative estimate of drug-likeness (QED) is 0.324. The molecule has 2 aromatic carbocycles. The summed E-state index contributed by atoms with van der Waals surface area (Å²) in [5, 5.41) is 10.8. The lowest BCUT2D eigenvalue weighted by Gasteiger charge is -2.40. The van der Waals surface area contributed by atoms with Gasteiger partial charge in [-0.1, -0.05) is 24.3 Å². The van der Waals surface area contributed by atoms with Crippen LogP contribution in [0.4, 0.5) is 14.6 Å². The van der Waals surface area contributed by atoms with Crippen LogP contribution in [-0.4, -0.2) is 81.3 Å². The number of anilines is 1. The Morgan fingerprint density at radius 2 is 1.63 bits per heavy atom. The summed E-state index contributed by atoms with van der Waals surface area (Å²) >= 11 is 0. The van der Waals surface area contributed by atoms with Gasteiger partial charge in [0.15, 0.2) is 5.65 Å². The Hall–Kier alpha value is -3.96. The molecular formula is C27H29F2N7O2. The first-order valence-corrected chi connectivity index (χ1v) is 12.5. The van der Waals surface area contributed by atoms with Crippen molar-refractivity contribution in [2.24, 2.45) is 0 Å². The number of hydrogen-bond acceptors (Lipinski definition) is 8. The van der Waals surface area contributed by atoms with Crippen molar-refractivity contribution in [2.75, 3.05) is 44.6 Å². The fraction of sp³-hybridized carbons (Fsp3) is 0.333. The number of piperazine rings is 1. The molecule has 11 heteroatoms. The van der Waals surface area contributed by atoms with Crippen molar-refractivity contribution < 1.29 is 18.3 Å². The van der Waals surface area contributed by atoms with E-state index in [9.17, 15) is 13.6 Å². The molecule has 1 aliphatic heterocycles. The highest BCUT2D eigenvalue weighted by molar-refractivity contribution is 5.85. The summed E-state index contributed by atoms with van der Waals surface area (Å²) in [5.74, 6) is -0.319. The highest BCUT2D eigenvalue weighted by Crippen LogP contribution is 2.30. The molecule has 0 amide bonds. The number of ether oxygens (including phenoxy) is 1. The van der Waals surface area contributed by atoms with Crippen LogP contribution >= 0.6 is 0 Å². The Balaban J connectivity index is 1.24. The van der Waals surface area contributed by atoms with Crippen LogP contribution in [0.2, 0.25) is 0 Å². The molecule has 1 unspecified atom stereocenters. The van der Waals surface area contributed by atoms with E-state index in [2.05, 4.69) is 35.3 Å². The van der Waals surface area contributed by atoms with E-state index in [1.54, 1.807) is 30.5 Å². The summed E-state index contributed by atoms with van der Waals surface area (Å²) < 4.78 is 32.8. The van der Waals surface area contributed by atoms with E-state index >= 15 is 0 Å². The van der Waals surface area contributed by atoms with Gasteiger partial charge in [0.1, 0.15) is 29.9 Å². The number of benzene rings is 2. The van der Waals surface area contributed by atoms with Gasteiger partial charge in [-0.15, -0.1) is 0 Å². The number of fused-ring (bicyclic) bond motifs is 1. The second-order valence-electron chi connectivity index (χ2n) is 9.31. The topological polar surface area (TPSA) is 99.3 Å². The zero-order valence-electron chi connectivity index (χ0n) is 21.0. The number of aromatic nitrogens is 4. The molecule has 5 rings (SSSR count). The molecule has 2 aromatic heterocycles. The minimum Gasteiger partial charge on any atom is -0.459 e. The van der Waals surface area contributed by atoms with Crippen molar-refractivity contribution in [2.45, 2.75) is 19.1 Å². The number of halogens is 2. The zero-order valence-corrected chi connectivity index (χ0v) is 21.0. The monoisotopic (exact) mass is 521 g/mol.